The molecule has 0 radical (unpaired) electrons. The van der Waals surface area contributed by atoms with Gasteiger partial charge in [0.2, 0.25) is 0 Å². The minimum atomic E-state index is -4.54. The number of benzene rings is 1. The van der Waals surface area contributed by atoms with Crippen molar-refractivity contribution >= 4 is 17.1 Å². The summed E-state index contributed by atoms with van der Waals surface area (Å²) in [5.74, 6) is -0.483. The first-order valence-corrected chi connectivity index (χ1v) is 6.80. The van der Waals surface area contributed by atoms with E-state index in [0.29, 0.717) is 12.1 Å². The van der Waals surface area contributed by atoms with Crippen molar-refractivity contribution in [1.82, 2.24) is 14.8 Å². The lowest BCUT2D eigenvalue weighted by Crippen LogP contribution is -2.11. The molecule has 2 aromatic heterocycles. The quantitative estimate of drug-likeness (QED) is 0.740. The number of aromatic nitrogens is 3. The van der Waals surface area contributed by atoms with Crippen LogP contribution in [-0.4, -0.2) is 14.8 Å². The highest BCUT2D eigenvalue weighted by molar-refractivity contribution is 5.74. The van der Waals surface area contributed by atoms with Gasteiger partial charge < -0.3 is 9.73 Å². The molecule has 0 saturated heterocycles. The zero-order valence-electron chi connectivity index (χ0n) is 12.0. The number of hydrogen-bond acceptors (Lipinski definition) is 4. The molecule has 0 aliphatic rings. The minimum Gasteiger partial charge on any atom is -0.423 e. The summed E-state index contributed by atoms with van der Waals surface area (Å²) in [6.45, 7) is 1.86. The fourth-order valence-electron chi connectivity index (χ4n) is 2.14. The normalized spacial score (nSPS) is 12.0. The molecule has 0 aliphatic carbocycles. The maximum atomic E-state index is 13.1. The van der Waals surface area contributed by atoms with Crippen LogP contribution >= 0.6 is 0 Å². The Kier molecular flexibility index (Phi) is 3.70. The number of anilines is 1. The smallest absolute Gasteiger partial charge is 0.423 e. The van der Waals surface area contributed by atoms with E-state index in [4.69, 9.17) is 4.42 Å². The molecule has 0 bridgehead atoms. The molecule has 0 spiro atoms. The van der Waals surface area contributed by atoms with Crippen LogP contribution in [0.5, 0.6) is 0 Å². The van der Waals surface area contributed by atoms with Crippen molar-refractivity contribution in [3.63, 3.8) is 0 Å². The van der Waals surface area contributed by atoms with Gasteiger partial charge in [-0.15, -0.1) is 0 Å². The third kappa shape index (κ3) is 3.13. The molecule has 0 saturated carbocycles. The van der Waals surface area contributed by atoms with Crippen LogP contribution < -0.4 is 5.32 Å². The average Bonchev–Trinajstić information content (AvgIpc) is 3.07. The Balaban J connectivity index is 1.83. The molecule has 1 aromatic carbocycles. The molecule has 3 aromatic rings. The topological polar surface area (TPSA) is 55.9 Å². The van der Waals surface area contributed by atoms with Crippen molar-refractivity contribution in [3.05, 3.63) is 41.5 Å². The van der Waals surface area contributed by atoms with Gasteiger partial charge in [-0.3, -0.25) is 4.68 Å². The van der Waals surface area contributed by atoms with Crippen molar-refractivity contribution in [2.45, 2.75) is 26.2 Å². The zero-order chi connectivity index (χ0) is 16.6. The van der Waals surface area contributed by atoms with Gasteiger partial charge in [-0.2, -0.15) is 23.3 Å². The molecule has 5 nitrogen and oxygen atoms in total. The van der Waals surface area contributed by atoms with E-state index in [1.807, 2.05) is 0 Å². The Morgan fingerprint density at radius 1 is 1.30 bits per heavy atom. The van der Waals surface area contributed by atoms with Gasteiger partial charge in [0.15, 0.2) is 11.3 Å². The van der Waals surface area contributed by atoms with Crippen molar-refractivity contribution in [2.24, 2.45) is 0 Å². The predicted octanol–water partition coefficient (Wildman–Crippen LogP) is 3.81. The summed E-state index contributed by atoms with van der Waals surface area (Å²) in [5, 5.41) is 6.18. The standard InChI is InChI=1S/C14H12F4N4O/c1-2-22-7-8(12(21-22)14(16,17)18)6-19-13-20-10-4-3-9(15)5-11(10)23-13/h3-5,7H,2,6H2,1H3,(H,19,20). The lowest BCUT2D eigenvalue weighted by molar-refractivity contribution is -0.142. The van der Waals surface area contributed by atoms with E-state index in [1.54, 1.807) is 6.92 Å². The van der Waals surface area contributed by atoms with Crippen LogP contribution in [0.2, 0.25) is 0 Å². The molecule has 0 amide bonds. The van der Waals surface area contributed by atoms with E-state index in [-0.39, 0.29) is 23.7 Å². The van der Waals surface area contributed by atoms with Crippen LogP contribution in [0, 0.1) is 5.82 Å². The molecular weight excluding hydrogens is 316 g/mol. The first kappa shape index (κ1) is 15.3. The first-order valence-electron chi connectivity index (χ1n) is 6.80. The van der Waals surface area contributed by atoms with Gasteiger partial charge >= 0.3 is 6.18 Å². The average molecular weight is 328 g/mol. The first-order chi connectivity index (χ1) is 10.9. The van der Waals surface area contributed by atoms with Gasteiger partial charge in [-0.25, -0.2) is 4.39 Å². The van der Waals surface area contributed by atoms with Crippen LogP contribution in [0.25, 0.3) is 11.1 Å². The third-order valence-corrected chi connectivity index (χ3v) is 3.21. The third-order valence-electron chi connectivity index (χ3n) is 3.21. The summed E-state index contributed by atoms with van der Waals surface area (Å²) in [4.78, 5) is 4.03. The number of nitrogens with zero attached hydrogens (tertiary/aromatic N) is 3. The zero-order valence-corrected chi connectivity index (χ0v) is 12.0. The van der Waals surface area contributed by atoms with Gasteiger partial charge in [-0.05, 0) is 19.1 Å². The molecule has 122 valence electrons. The molecule has 0 unspecified atom stereocenters. The maximum Gasteiger partial charge on any atom is 0.435 e. The number of oxazole rings is 1. The van der Waals surface area contributed by atoms with E-state index < -0.39 is 17.7 Å². The molecule has 2 heterocycles. The molecule has 9 heteroatoms. The molecule has 0 atom stereocenters. The van der Waals surface area contributed by atoms with Gasteiger partial charge in [-0.1, -0.05) is 0 Å². The van der Waals surface area contributed by atoms with Gasteiger partial charge in [0.25, 0.3) is 6.01 Å². The molecule has 23 heavy (non-hydrogen) atoms. The Labute approximate surface area is 127 Å². The summed E-state index contributed by atoms with van der Waals surface area (Å²) in [7, 11) is 0. The molecule has 0 aliphatic heterocycles. The molecule has 0 fully saturated rings. The molecule has 1 N–H and O–H groups in total. The molecule has 3 rings (SSSR count). The summed E-state index contributed by atoms with van der Waals surface area (Å²) >= 11 is 0. The van der Waals surface area contributed by atoms with E-state index in [1.165, 1.54) is 23.0 Å². The van der Waals surface area contributed by atoms with Gasteiger partial charge in [0, 0.05) is 30.9 Å². The Bertz CT molecular complexity index is 837. The summed E-state index contributed by atoms with van der Waals surface area (Å²) in [5.41, 5.74) is -0.344. The second kappa shape index (κ2) is 5.56. The summed E-state index contributed by atoms with van der Waals surface area (Å²) < 4.78 is 58.4. The highest BCUT2D eigenvalue weighted by atomic mass is 19.4. The lowest BCUT2D eigenvalue weighted by Gasteiger charge is -2.05. The number of rotatable bonds is 4. The highest BCUT2D eigenvalue weighted by Gasteiger charge is 2.37. The van der Waals surface area contributed by atoms with Crippen molar-refractivity contribution in [1.29, 1.82) is 0 Å². The number of halogens is 4. The van der Waals surface area contributed by atoms with Crippen LogP contribution in [0.4, 0.5) is 23.6 Å². The fourth-order valence-corrected chi connectivity index (χ4v) is 2.14. The van der Waals surface area contributed by atoms with Crippen LogP contribution in [0.1, 0.15) is 18.2 Å². The van der Waals surface area contributed by atoms with E-state index in [0.717, 1.165) is 6.07 Å². The largest absolute Gasteiger partial charge is 0.435 e. The van der Waals surface area contributed by atoms with E-state index in [2.05, 4.69) is 15.4 Å². The predicted molar refractivity (Wildman–Crippen MR) is 74.2 cm³/mol. The number of nitrogens with one attached hydrogen (secondary N) is 1. The van der Waals surface area contributed by atoms with Crippen LogP contribution in [0.3, 0.4) is 0 Å². The van der Waals surface area contributed by atoms with Crippen LogP contribution in [-0.2, 0) is 19.3 Å². The SMILES string of the molecule is CCn1cc(CNc2nc3ccc(F)cc3o2)c(C(F)(F)F)n1. The number of aryl methyl sites for hydroxylation is 1. The van der Waals surface area contributed by atoms with Crippen molar-refractivity contribution in [3.8, 4) is 0 Å². The van der Waals surface area contributed by atoms with Crippen molar-refractivity contribution in [2.75, 3.05) is 5.32 Å². The fraction of sp³-hybridized carbons (Fsp3) is 0.286. The van der Waals surface area contributed by atoms with E-state index >= 15 is 0 Å². The minimum absolute atomic E-state index is 0.0166. The van der Waals surface area contributed by atoms with E-state index in [9.17, 15) is 17.6 Å². The van der Waals surface area contributed by atoms with Gasteiger partial charge in [0.05, 0.1) is 0 Å². The number of hydrogen-bond donors (Lipinski definition) is 1. The lowest BCUT2D eigenvalue weighted by atomic mass is 10.2. The Morgan fingerprint density at radius 3 is 2.78 bits per heavy atom. The summed E-state index contributed by atoms with van der Waals surface area (Å²) in [6.07, 6.45) is -3.22. The van der Waals surface area contributed by atoms with Gasteiger partial charge in [0.1, 0.15) is 11.3 Å². The van der Waals surface area contributed by atoms with Crippen LogP contribution in [0.15, 0.2) is 28.8 Å². The second-order valence-electron chi connectivity index (χ2n) is 4.84. The number of fused-ring (bicyclic) bond motifs is 1. The summed E-state index contributed by atoms with van der Waals surface area (Å²) in [6, 6.07) is 3.82. The number of alkyl halides is 3. The Morgan fingerprint density at radius 2 is 2.09 bits per heavy atom. The molecular formula is C14H12F4N4O. The maximum absolute atomic E-state index is 13.1. The highest BCUT2D eigenvalue weighted by Crippen LogP contribution is 2.31. The second-order valence-corrected chi connectivity index (χ2v) is 4.84. The Hall–Kier alpha value is -2.58. The monoisotopic (exact) mass is 328 g/mol. The van der Waals surface area contributed by atoms with Crippen molar-refractivity contribution < 1.29 is 22.0 Å².